The molecule has 1 aliphatic rings. The van der Waals surface area contributed by atoms with Crippen LogP contribution in [0.5, 0.6) is 0 Å². The summed E-state index contributed by atoms with van der Waals surface area (Å²) in [5.74, 6) is -0.451. The third-order valence-corrected chi connectivity index (χ3v) is 8.06. The molecule has 2 heterocycles. The Balaban J connectivity index is 1.54. The lowest BCUT2D eigenvalue weighted by Crippen LogP contribution is -2.40. The first-order chi connectivity index (χ1) is 15.4. The molecule has 0 saturated carbocycles. The zero-order valence-electron chi connectivity index (χ0n) is 18.2. The second-order valence-corrected chi connectivity index (χ2v) is 10.7. The van der Waals surface area contributed by atoms with E-state index in [1.807, 2.05) is 24.4 Å². The van der Waals surface area contributed by atoms with Crippen molar-refractivity contribution in [2.45, 2.75) is 37.6 Å². The van der Waals surface area contributed by atoms with E-state index < -0.39 is 10.0 Å². The highest BCUT2D eigenvalue weighted by atomic mass is 32.2. The molecule has 1 fully saturated rings. The fourth-order valence-corrected chi connectivity index (χ4v) is 5.74. The molecule has 1 saturated heterocycles. The molecule has 0 spiro atoms. The van der Waals surface area contributed by atoms with Crippen molar-refractivity contribution in [2.75, 3.05) is 38.0 Å². The number of anilines is 1. The van der Waals surface area contributed by atoms with Gasteiger partial charge in [-0.05, 0) is 49.0 Å². The van der Waals surface area contributed by atoms with E-state index in [1.54, 1.807) is 34.4 Å². The smallest absolute Gasteiger partial charge is 0.243 e. The summed E-state index contributed by atoms with van der Waals surface area (Å²) in [7, 11) is -3.57. The van der Waals surface area contributed by atoms with Crippen molar-refractivity contribution >= 4 is 38.9 Å². The van der Waals surface area contributed by atoms with Crippen LogP contribution in [0.15, 0.2) is 46.7 Å². The number of likely N-dealkylation sites (N-methyl/N-ethyl adjacent to an activating group) is 1. The molecule has 2 aromatic rings. The van der Waals surface area contributed by atoms with Crippen molar-refractivity contribution in [3.05, 3.63) is 46.7 Å². The molecule has 0 radical (unpaired) electrons. The molecule has 0 unspecified atom stereocenters. The van der Waals surface area contributed by atoms with E-state index in [2.05, 4.69) is 10.6 Å². The third kappa shape index (κ3) is 6.86. The van der Waals surface area contributed by atoms with Gasteiger partial charge < -0.3 is 10.6 Å². The Kier molecular flexibility index (Phi) is 8.80. The lowest BCUT2D eigenvalue weighted by Gasteiger charge is -2.26. The number of thiophene rings is 1. The lowest BCUT2D eigenvalue weighted by molar-refractivity contribution is -0.123. The number of carbonyl (C=O) groups excluding carboxylic acids is 2. The van der Waals surface area contributed by atoms with Crippen molar-refractivity contribution in [1.82, 2.24) is 14.5 Å². The summed E-state index contributed by atoms with van der Waals surface area (Å²) in [4.78, 5) is 27.7. The van der Waals surface area contributed by atoms with Crippen LogP contribution in [-0.4, -0.2) is 62.2 Å². The van der Waals surface area contributed by atoms with Crippen LogP contribution in [0.1, 0.15) is 31.1 Å². The molecule has 0 bridgehead atoms. The summed E-state index contributed by atoms with van der Waals surface area (Å²) in [6.45, 7) is 4.08. The molecule has 32 heavy (non-hydrogen) atoms. The number of sulfonamides is 1. The molecule has 1 aromatic heterocycles. The van der Waals surface area contributed by atoms with Crippen LogP contribution in [0.2, 0.25) is 0 Å². The predicted octanol–water partition coefficient (Wildman–Crippen LogP) is 2.50. The number of rotatable bonds is 10. The zero-order chi connectivity index (χ0) is 23.0. The van der Waals surface area contributed by atoms with E-state index >= 15 is 0 Å². The summed E-state index contributed by atoms with van der Waals surface area (Å²) < 4.78 is 27.3. The van der Waals surface area contributed by atoms with Gasteiger partial charge in [0.15, 0.2) is 0 Å². The highest BCUT2D eigenvalue weighted by Gasteiger charge is 2.26. The number of nitrogens with zero attached hydrogens (tertiary/aromatic N) is 2. The quantitative estimate of drug-likeness (QED) is 0.547. The summed E-state index contributed by atoms with van der Waals surface area (Å²) in [5.41, 5.74) is 0.422. The first-order valence-corrected chi connectivity index (χ1v) is 13.1. The molecule has 174 valence electrons. The number of nitrogens with one attached hydrogen (secondary N) is 2. The van der Waals surface area contributed by atoms with Gasteiger partial charge in [-0.15, -0.1) is 11.3 Å². The van der Waals surface area contributed by atoms with Gasteiger partial charge in [-0.2, -0.15) is 4.31 Å². The SMILES string of the molecule is CCN(CC(=O)NCc1cccs1)CC(=O)Nc1cccc(S(=O)(=O)N2CCCCC2)c1. The Morgan fingerprint density at radius 1 is 1.06 bits per heavy atom. The van der Waals surface area contributed by atoms with E-state index in [0.29, 0.717) is 31.9 Å². The summed E-state index contributed by atoms with van der Waals surface area (Å²) in [5, 5.41) is 7.57. The number of piperidine rings is 1. The largest absolute Gasteiger partial charge is 0.350 e. The molecule has 10 heteroatoms. The van der Waals surface area contributed by atoms with Gasteiger partial charge in [-0.3, -0.25) is 14.5 Å². The number of carbonyl (C=O) groups is 2. The molecular formula is C22H30N4O4S2. The number of hydrogen-bond acceptors (Lipinski definition) is 6. The van der Waals surface area contributed by atoms with Crippen LogP contribution < -0.4 is 10.6 Å². The number of benzene rings is 1. The monoisotopic (exact) mass is 478 g/mol. The fraction of sp³-hybridized carbons (Fsp3) is 0.455. The van der Waals surface area contributed by atoms with Gasteiger partial charge in [0, 0.05) is 23.7 Å². The van der Waals surface area contributed by atoms with Gasteiger partial charge >= 0.3 is 0 Å². The van der Waals surface area contributed by atoms with E-state index in [9.17, 15) is 18.0 Å². The van der Waals surface area contributed by atoms with Crippen molar-refractivity contribution in [3.8, 4) is 0 Å². The van der Waals surface area contributed by atoms with Crippen LogP contribution in [0.25, 0.3) is 0 Å². The van der Waals surface area contributed by atoms with Crippen molar-refractivity contribution < 1.29 is 18.0 Å². The molecule has 0 aliphatic carbocycles. The second-order valence-electron chi connectivity index (χ2n) is 7.70. The minimum atomic E-state index is -3.57. The Bertz CT molecular complexity index is 1000. The van der Waals surface area contributed by atoms with Crippen LogP contribution in [0.4, 0.5) is 5.69 Å². The minimum absolute atomic E-state index is 0.0338. The van der Waals surface area contributed by atoms with Crippen LogP contribution in [0.3, 0.4) is 0 Å². The first kappa shape index (κ1) is 24.4. The van der Waals surface area contributed by atoms with Crippen molar-refractivity contribution in [2.24, 2.45) is 0 Å². The van der Waals surface area contributed by atoms with Gasteiger partial charge in [0.2, 0.25) is 21.8 Å². The Hall–Kier alpha value is -2.27. The minimum Gasteiger partial charge on any atom is -0.350 e. The van der Waals surface area contributed by atoms with Crippen LogP contribution in [0, 0.1) is 0 Å². The molecule has 2 N–H and O–H groups in total. The van der Waals surface area contributed by atoms with Gasteiger partial charge in [-0.1, -0.05) is 25.5 Å². The molecule has 3 rings (SSSR count). The van der Waals surface area contributed by atoms with E-state index in [1.165, 1.54) is 10.4 Å². The average molecular weight is 479 g/mol. The lowest BCUT2D eigenvalue weighted by atomic mass is 10.2. The average Bonchev–Trinajstić information content (AvgIpc) is 3.32. The maximum Gasteiger partial charge on any atom is 0.243 e. The van der Waals surface area contributed by atoms with Crippen LogP contribution in [-0.2, 0) is 26.2 Å². The molecule has 8 nitrogen and oxygen atoms in total. The van der Waals surface area contributed by atoms with E-state index in [-0.39, 0.29) is 29.8 Å². The van der Waals surface area contributed by atoms with Gasteiger partial charge in [0.05, 0.1) is 24.5 Å². The maximum absolute atomic E-state index is 12.9. The van der Waals surface area contributed by atoms with Crippen molar-refractivity contribution in [3.63, 3.8) is 0 Å². The molecule has 2 amide bonds. The predicted molar refractivity (Wildman–Crippen MR) is 126 cm³/mol. The van der Waals surface area contributed by atoms with Crippen LogP contribution >= 0.6 is 11.3 Å². The third-order valence-electron chi connectivity index (χ3n) is 5.29. The maximum atomic E-state index is 12.9. The Labute approximate surface area is 193 Å². The summed E-state index contributed by atoms with van der Waals surface area (Å²) >= 11 is 1.57. The number of amides is 2. The Morgan fingerprint density at radius 2 is 1.81 bits per heavy atom. The highest BCUT2D eigenvalue weighted by Crippen LogP contribution is 2.22. The normalized spacial score (nSPS) is 14.9. The Morgan fingerprint density at radius 3 is 2.50 bits per heavy atom. The molecule has 0 atom stereocenters. The van der Waals surface area contributed by atoms with Gasteiger partial charge in [0.25, 0.3) is 0 Å². The number of hydrogen-bond donors (Lipinski definition) is 2. The topological polar surface area (TPSA) is 98.8 Å². The fourth-order valence-electron chi connectivity index (χ4n) is 3.53. The molecule has 1 aromatic carbocycles. The summed E-state index contributed by atoms with van der Waals surface area (Å²) in [6, 6.07) is 10.2. The highest BCUT2D eigenvalue weighted by molar-refractivity contribution is 7.89. The standard InChI is InChI=1S/C22H30N4O4S2/c1-2-25(16-21(27)23-15-19-9-7-13-31-19)17-22(28)24-18-8-6-10-20(14-18)32(29,30)26-11-4-3-5-12-26/h6-10,13-14H,2-5,11-12,15-17H2,1H3,(H,23,27)(H,24,28). The summed E-state index contributed by atoms with van der Waals surface area (Å²) in [6.07, 6.45) is 2.77. The zero-order valence-corrected chi connectivity index (χ0v) is 19.9. The molecular weight excluding hydrogens is 448 g/mol. The van der Waals surface area contributed by atoms with Gasteiger partial charge in [0.1, 0.15) is 0 Å². The molecule has 1 aliphatic heterocycles. The van der Waals surface area contributed by atoms with Gasteiger partial charge in [-0.25, -0.2) is 8.42 Å². The first-order valence-electron chi connectivity index (χ1n) is 10.8. The second kappa shape index (κ2) is 11.6. The van der Waals surface area contributed by atoms with E-state index in [0.717, 1.165) is 24.1 Å². The van der Waals surface area contributed by atoms with E-state index in [4.69, 9.17) is 0 Å². The van der Waals surface area contributed by atoms with Crippen molar-refractivity contribution in [1.29, 1.82) is 0 Å².